The molecule has 0 radical (unpaired) electrons. The highest BCUT2D eigenvalue weighted by atomic mass is 16.2. The first-order chi connectivity index (χ1) is 11.6. The molecule has 1 aromatic carbocycles. The molecule has 0 bridgehead atoms. The third kappa shape index (κ3) is 4.10. The van der Waals surface area contributed by atoms with Crippen molar-refractivity contribution in [2.45, 2.75) is 39.2 Å². The molecule has 0 spiro atoms. The Kier molecular flexibility index (Phi) is 5.44. The van der Waals surface area contributed by atoms with Crippen LogP contribution in [-0.2, 0) is 0 Å². The van der Waals surface area contributed by atoms with Gasteiger partial charge >= 0.3 is 6.03 Å². The number of nitrogens with zero attached hydrogens (tertiary/aromatic N) is 2. The predicted octanol–water partition coefficient (Wildman–Crippen LogP) is 3.43. The molecule has 2 aliphatic rings. The molecule has 1 aromatic rings. The van der Waals surface area contributed by atoms with Crippen molar-refractivity contribution >= 4 is 6.03 Å². The Morgan fingerprint density at radius 1 is 1.33 bits per heavy atom. The van der Waals surface area contributed by atoms with Crippen LogP contribution in [0.4, 0.5) is 4.79 Å². The number of likely N-dealkylation sites (tertiary alicyclic amines) is 1. The largest absolute Gasteiger partial charge is 0.331 e. The van der Waals surface area contributed by atoms with E-state index in [0.717, 1.165) is 32.6 Å². The van der Waals surface area contributed by atoms with Gasteiger partial charge in [0.1, 0.15) is 0 Å². The lowest BCUT2D eigenvalue weighted by atomic mass is 9.98. The van der Waals surface area contributed by atoms with Crippen LogP contribution < -0.4 is 5.32 Å². The zero-order valence-electron chi connectivity index (χ0n) is 15.3. The van der Waals surface area contributed by atoms with Crippen LogP contribution in [0.1, 0.15) is 43.4 Å². The Bertz CT molecular complexity index is 570. The lowest BCUT2D eigenvalue weighted by Gasteiger charge is -2.25. The van der Waals surface area contributed by atoms with Gasteiger partial charge in [-0.1, -0.05) is 31.2 Å². The summed E-state index contributed by atoms with van der Waals surface area (Å²) in [6.07, 6.45) is 3.57. The highest BCUT2D eigenvalue weighted by molar-refractivity contribution is 5.75. The molecule has 3 rings (SSSR count). The van der Waals surface area contributed by atoms with Crippen molar-refractivity contribution in [3.63, 3.8) is 0 Å². The van der Waals surface area contributed by atoms with Crippen molar-refractivity contribution in [1.82, 2.24) is 15.1 Å². The van der Waals surface area contributed by atoms with Gasteiger partial charge < -0.3 is 15.1 Å². The Morgan fingerprint density at radius 3 is 2.75 bits per heavy atom. The quantitative estimate of drug-likeness (QED) is 0.868. The molecule has 1 aliphatic heterocycles. The zero-order valence-corrected chi connectivity index (χ0v) is 15.3. The minimum atomic E-state index is 0.122. The Balaban J connectivity index is 1.60. The van der Waals surface area contributed by atoms with Crippen LogP contribution in [0.2, 0.25) is 0 Å². The van der Waals surface area contributed by atoms with E-state index in [1.165, 1.54) is 24.0 Å². The number of aryl methyl sites for hydroxylation is 1. The first-order valence-corrected chi connectivity index (χ1v) is 9.38. The number of hydrogen-bond donors (Lipinski definition) is 1. The average molecular weight is 329 g/mol. The lowest BCUT2D eigenvalue weighted by Crippen LogP contribution is -2.41. The van der Waals surface area contributed by atoms with Gasteiger partial charge in [0.2, 0.25) is 0 Å². The number of nitrogens with one attached hydrogen (secondary N) is 1. The molecule has 0 aromatic heterocycles. The van der Waals surface area contributed by atoms with Crippen molar-refractivity contribution in [3.05, 3.63) is 35.4 Å². The zero-order chi connectivity index (χ0) is 17.1. The monoisotopic (exact) mass is 329 g/mol. The van der Waals surface area contributed by atoms with Gasteiger partial charge in [0.05, 0.1) is 6.04 Å². The summed E-state index contributed by atoms with van der Waals surface area (Å²) in [5.41, 5.74) is 2.56. The molecule has 2 fully saturated rings. The molecule has 4 heteroatoms. The third-order valence-electron chi connectivity index (χ3n) is 5.58. The molecule has 132 valence electrons. The molecule has 1 N–H and O–H groups in total. The van der Waals surface area contributed by atoms with E-state index in [0.29, 0.717) is 11.8 Å². The van der Waals surface area contributed by atoms with Gasteiger partial charge in [-0.05, 0) is 62.7 Å². The average Bonchev–Trinajstić information content (AvgIpc) is 3.32. The number of amides is 2. The maximum absolute atomic E-state index is 12.8. The summed E-state index contributed by atoms with van der Waals surface area (Å²) < 4.78 is 0. The summed E-state index contributed by atoms with van der Waals surface area (Å²) >= 11 is 0. The minimum absolute atomic E-state index is 0.122. The number of carbonyl (C=O) groups excluding carboxylic acids is 1. The lowest BCUT2D eigenvalue weighted by molar-refractivity contribution is 0.199. The van der Waals surface area contributed by atoms with Gasteiger partial charge in [-0.25, -0.2) is 4.79 Å². The van der Waals surface area contributed by atoms with E-state index in [2.05, 4.69) is 55.4 Å². The molecule has 2 amide bonds. The molecule has 0 unspecified atom stereocenters. The molecule has 1 aliphatic carbocycles. The molecule has 2 atom stereocenters. The van der Waals surface area contributed by atoms with Crippen LogP contribution in [0, 0.1) is 18.8 Å². The Morgan fingerprint density at radius 2 is 2.08 bits per heavy atom. The highest BCUT2D eigenvalue weighted by Crippen LogP contribution is 2.42. The summed E-state index contributed by atoms with van der Waals surface area (Å²) in [6, 6.07) is 8.76. The smallest absolute Gasteiger partial charge is 0.317 e. The SMILES string of the molecule is CCN(C)C[C@H]1CCN(C(=O)N[C@H](c2ccccc2C)C2CC2)C1. The second-order valence-corrected chi connectivity index (χ2v) is 7.58. The molecule has 1 heterocycles. The maximum Gasteiger partial charge on any atom is 0.317 e. The summed E-state index contributed by atoms with van der Waals surface area (Å²) in [6.45, 7) is 8.26. The highest BCUT2D eigenvalue weighted by Gasteiger charge is 2.36. The predicted molar refractivity (Wildman–Crippen MR) is 98.0 cm³/mol. The Labute approximate surface area is 146 Å². The Hall–Kier alpha value is -1.55. The van der Waals surface area contributed by atoms with Gasteiger partial charge in [0.15, 0.2) is 0 Å². The number of carbonyl (C=O) groups is 1. The van der Waals surface area contributed by atoms with E-state index in [4.69, 9.17) is 0 Å². The second-order valence-electron chi connectivity index (χ2n) is 7.58. The van der Waals surface area contributed by atoms with Crippen molar-refractivity contribution in [2.75, 3.05) is 33.2 Å². The molecule has 4 nitrogen and oxygen atoms in total. The molecule has 24 heavy (non-hydrogen) atoms. The van der Waals surface area contributed by atoms with Crippen LogP contribution in [0.15, 0.2) is 24.3 Å². The van der Waals surface area contributed by atoms with E-state index in [9.17, 15) is 4.79 Å². The first-order valence-electron chi connectivity index (χ1n) is 9.38. The normalized spacial score (nSPS) is 22.0. The standard InChI is InChI=1S/C20H31N3O/c1-4-22(3)13-16-11-12-23(14-16)20(24)21-19(17-9-10-17)18-8-6-5-7-15(18)2/h5-8,16-17,19H,4,9-14H2,1-3H3,(H,21,24)/t16-,19+/m1/s1. The van der Waals surface area contributed by atoms with E-state index in [1.54, 1.807) is 0 Å². The van der Waals surface area contributed by atoms with E-state index >= 15 is 0 Å². The van der Waals surface area contributed by atoms with Gasteiger partial charge in [-0.3, -0.25) is 0 Å². The number of rotatable bonds is 6. The van der Waals surface area contributed by atoms with Crippen LogP contribution in [0.25, 0.3) is 0 Å². The fraction of sp³-hybridized carbons (Fsp3) is 0.650. The summed E-state index contributed by atoms with van der Waals surface area (Å²) in [4.78, 5) is 17.1. The summed E-state index contributed by atoms with van der Waals surface area (Å²) in [7, 11) is 2.16. The number of urea groups is 1. The van der Waals surface area contributed by atoms with E-state index in [1.807, 2.05) is 4.90 Å². The molecular formula is C20H31N3O. The molecular weight excluding hydrogens is 298 g/mol. The molecule has 1 saturated heterocycles. The van der Waals surface area contributed by atoms with Crippen molar-refractivity contribution in [2.24, 2.45) is 11.8 Å². The van der Waals surface area contributed by atoms with Gasteiger partial charge in [-0.15, -0.1) is 0 Å². The van der Waals surface area contributed by atoms with Gasteiger partial charge in [-0.2, -0.15) is 0 Å². The minimum Gasteiger partial charge on any atom is -0.331 e. The fourth-order valence-corrected chi connectivity index (χ4v) is 3.78. The number of benzene rings is 1. The van der Waals surface area contributed by atoms with Crippen molar-refractivity contribution in [1.29, 1.82) is 0 Å². The number of hydrogen-bond acceptors (Lipinski definition) is 2. The third-order valence-corrected chi connectivity index (χ3v) is 5.58. The summed E-state index contributed by atoms with van der Waals surface area (Å²) in [5.74, 6) is 1.22. The first kappa shape index (κ1) is 17.3. The van der Waals surface area contributed by atoms with Crippen LogP contribution in [0.5, 0.6) is 0 Å². The van der Waals surface area contributed by atoms with Crippen LogP contribution in [0.3, 0.4) is 0 Å². The van der Waals surface area contributed by atoms with Gasteiger partial charge in [0.25, 0.3) is 0 Å². The van der Waals surface area contributed by atoms with Crippen LogP contribution in [-0.4, -0.2) is 49.1 Å². The van der Waals surface area contributed by atoms with Gasteiger partial charge in [0, 0.05) is 19.6 Å². The summed E-state index contributed by atoms with van der Waals surface area (Å²) in [5, 5.41) is 3.34. The van der Waals surface area contributed by atoms with Crippen molar-refractivity contribution in [3.8, 4) is 0 Å². The maximum atomic E-state index is 12.8. The van der Waals surface area contributed by atoms with Crippen LogP contribution >= 0.6 is 0 Å². The molecule has 1 saturated carbocycles. The topological polar surface area (TPSA) is 35.6 Å². The van der Waals surface area contributed by atoms with E-state index in [-0.39, 0.29) is 12.1 Å². The fourth-order valence-electron chi connectivity index (χ4n) is 3.78. The second kappa shape index (κ2) is 7.56. The van der Waals surface area contributed by atoms with E-state index < -0.39 is 0 Å². The van der Waals surface area contributed by atoms with Crippen molar-refractivity contribution < 1.29 is 4.79 Å².